The molecule has 3 aromatic rings. The molecule has 3 rings (SSSR count). The van der Waals surface area contributed by atoms with Crippen LogP contribution in [0.4, 0.5) is 5.69 Å². The van der Waals surface area contributed by atoms with Crippen molar-refractivity contribution in [3.8, 4) is 5.69 Å². The van der Waals surface area contributed by atoms with Gasteiger partial charge in [-0.25, -0.2) is 4.79 Å². The summed E-state index contributed by atoms with van der Waals surface area (Å²) >= 11 is 0. The molecular formula is C20H18N2O2. The first-order valence-electron chi connectivity index (χ1n) is 7.65. The van der Waals surface area contributed by atoms with Gasteiger partial charge in [-0.05, 0) is 55.0 Å². The van der Waals surface area contributed by atoms with Crippen molar-refractivity contribution in [1.29, 1.82) is 0 Å². The Morgan fingerprint density at radius 1 is 1.08 bits per heavy atom. The van der Waals surface area contributed by atoms with E-state index in [-0.39, 0.29) is 5.97 Å². The summed E-state index contributed by atoms with van der Waals surface area (Å²) in [7, 11) is 1.38. The zero-order chi connectivity index (χ0) is 16.9. The first-order valence-corrected chi connectivity index (χ1v) is 7.65. The van der Waals surface area contributed by atoms with Crippen LogP contribution in [-0.4, -0.2) is 23.9 Å². The molecule has 4 heteroatoms. The number of benzene rings is 2. The van der Waals surface area contributed by atoms with E-state index in [1.807, 2.05) is 67.9 Å². The van der Waals surface area contributed by atoms with E-state index in [1.54, 1.807) is 12.1 Å². The lowest BCUT2D eigenvalue weighted by Crippen LogP contribution is -2.01. The maximum atomic E-state index is 11.6. The highest BCUT2D eigenvalue weighted by molar-refractivity contribution is 5.90. The summed E-state index contributed by atoms with van der Waals surface area (Å²) in [5, 5.41) is 0. The van der Waals surface area contributed by atoms with E-state index >= 15 is 0 Å². The molecule has 0 aliphatic carbocycles. The summed E-state index contributed by atoms with van der Waals surface area (Å²) in [5.41, 5.74) is 4.34. The Balaban J connectivity index is 1.88. The Labute approximate surface area is 141 Å². The lowest BCUT2D eigenvalue weighted by molar-refractivity contribution is 0.0600. The number of aromatic nitrogens is 1. The Morgan fingerprint density at radius 3 is 2.58 bits per heavy atom. The van der Waals surface area contributed by atoms with Gasteiger partial charge in [0.15, 0.2) is 0 Å². The van der Waals surface area contributed by atoms with Crippen LogP contribution in [0.2, 0.25) is 0 Å². The fraction of sp³-hybridized carbons (Fsp3) is 0.100. The van der Waals surface area contributed by atoms with Crippen LogP contribution in [0.25, 0.3) is 5.69 Å². The predicted molar refractivity (Wildman–Crippen MR) is 95.5 cm³/mol. The van der Waals surface area contributed by atoms with E-state index < -0.39 is 0 Å². The number of aliphatic imine (C=N–C) groups is 1. The number of aryl methyl sites for hydroxylation is 1. The smallest absolute Gasteiger partial charge is 0.337 e. The molecule has 0 spiro atoms. The van der Waals surface area contributed by atoms with Gasteiger partial charge < -0.3 is 9.30 Å². The molecule has 0 saturated heterocycles. The van der Waals surface area contributed by atoms with E-state index in [9.17, 15) is 4.79 Å². The van der Waals surface area contributed by atoms with E-state index in [1.165, 1.54) is 7.11 Å². The number of rotatable bonds is 4. The van der Waals surface area contributed by atoms with E-state index in [2.05, 4.69) is 9.56 Å². The molecule has 0 unspecified atom stereocenters. The number of para-hydroxylation sites is 1. The number of hydrogen-bond acceptors (Lipinski definition) is 3. The van der Waals surface area contributed by atoms with Crippen molar-refractivity contribution in [3.05, 3.63) is 83.7 Å². The highest BCUT2D eigenvalue weighted by Gasteiger charge is 2.07. The third-order valence-corrected chi connectivity index (χ3v) is 3.77. The number of nitrogens with zero attached hydrogens (tertiary/aromatic N) is 2. The zero-order valence-corrected chi connectivity index (χ0v) is 13.6. The minimum Gasteiger partial charge on any atom is -0.465 e. The van der Waals surface area contributed by atoms with Gasteiger partial charge in [-0.3, -0.25) is 4.99 Å². The molecule has 0 bridgehead atoms. The molecule has 24 heavy (non-hydrogen) atoms. The molecule has 0 amide bonds. The normalized spacial score (nSPS) is 10.9. The third kappa shape index (κ3) is 3.27. The molecule has 1 heterocycles. The lowest BCUT2D eigenvalue weighted by atomic mass is 10.1. The third-order valence-electron chi connectivity index (χ3n) is 3.77. The van der Waals surface area contributed by atoms with Crippen LogP contribution in [0.15, 0.2) is 71.9 Å². The average molecular weight is 318 g/mol. The Bertz CT molecular complexity index is 880. The molecule has 1 aromatic heterocycles. The maximum Gasteiger partial charge on any atom is 0.337 e. The molecule has 0 aliphatic heterocycles. The van der Waals surface area contributed by atoms with Crippen LogP contribution in [0.1, 0.15) is 21.6 Å². The standard InChI is InChI=1S/C20H18N2O2/c1-15-13-16(20(23)24-2)10-11-19(15)21-14-18-9-6-12-22(18)17-7-4-3-5-8-17/h3-14H,1-2H3. The van der Waals surface area contributed by atoms with Crippen molar-refractivity contribution in [2.45, 2.75) is 6.92 Å². The van der Waals surface area contributed by atoms with Crippen molar-refractivity contribution >= 4 is 17.9 Å². The van der Waals surface area contributed by atoms with Gasteiger partial charge in [-0.1, -0.05) is 18.2 Å². The first-order chi connectivity index (χ1) is 11.7. The number of methoxy groups -OCH3 is 1. The lowest BCUT2D eigenvalue weighted by Gasteiger charge is -2.06. The topological polar surface area (TPSA) is 43.6 Å². The monoisotopic (exact) mass is 318 g/mol. The number of carbonyl (C=O) groups excluding carboxylic acids is 1. The second-order valence-electron chi connectivity index (χ2n) is 5.39. The minimum absolute atomic E-state index is 0.341. The molecule has 4 nitrogen and oxygen atoms in total. The van der Waals surface area contributed by atoms with E-state index in [4.69, 9.17) is 4.74 Å². The van der Waals surface area contributed by atoms with Gasteiger partial charge in [0.25, 0.3) is 0 Å². The van der Waals surface area contributed by atoms with Gasteiger partial charge in [0.1, 0.15) is 0 Å². The summed E-state index contributed by atoms with van der Waals surface area (Å²) in [5.74, 6) is -0.341. The second-order valence-corrected chi connectivity index (χ2v) is 5.39. The van der Waals surface area contributed by atoms with Gasteiger partial charge >= 0.3 is 5.97 Å². The van der Waals surface area contributed by atoms with Crippen LogP contribution in [-0.2, 0) is 4.74 Å². The van der Waals surface area contributed by atoms with Crippen molar-refractivity contribution in [3.63, 3.8) is 0 Å². The minimum atomic E-state index is -0.341. The highest BCUT2D eigenvalue weighted by atomic mass is 16.5. The second kappa shape index (κ2) is 6.96. The van der Waals surface area contributed by atoms with Gasteiger partial charge in [0.05, 0.1) is 30.3 Å². The summed E-state index contributed by atoms with van der Waals surface area (Å²) in [6.45, 7) is 1.93. The van der Waals surface area contributed by atoms with Gasteiger partial charge in [-0.15, -0.1) is 0 Å². The summed E-state index contributed by atoms with van der Waals surface area (Å²) in [6.07, 6.45) is 3.83. The molecule has 120 valence electrons. The number of ether oxygens (including phenoxy) is 1. The predicted octanol–water partition coefficient (Wildman–Crippen LogP) is 4.32. The van der Waals surface area contributed by atoms with Crippen molar-refractivity contribution in [2.24, 2.45) is 4.99 Å². The van der Waals surface area contributed by atoms with Crippen LogP contribution in [0, 0.1) is 6.92 Å². The molecule has 0 N–H and O–H groups in total. The summed E-state index contributed by atoms with van der Waals surface area (Å²) < 4.78 is 6.81. The average Bonchev–Trinajstić information content (AvgIpc) is 3.09. The molecule has 2 aromatic carbocycles. The van der Waals surface area contributed by atoms with Crippen LogP contribution in [0.3, 0.4) is 0 Å². The Morgan fingerprint density at radius 2 is 1.88 bits per heavy atom. The molecule has 0 aliphatic rings. The van der Waals surface area contributed by atoms with E-state index in [0.29, 0.717) is 5.56 Å². The van der Waals surface area contributed by atoms with Crippen LogP contribution >= 0.6 is 0 Å². The fourth-order valence-electron chi connectivity index (χ4n) is 2.50. The van der Waals surface area contributed by atoms with Crippen LogP contribution < -0.4 is 0 Å². The molecular weight excluding hydrogens is 300 g/mol. The number of carbonyl (C=O) groups is 1. The summed E-state index contributed by atoms with van der Waals surface area (Å²) in [4.78, 5) is 16.1. The molecule has 0 fully saturated rings. The van der Waals surface area contributed by atoms with Gasteiger partial charge in [-0.2, -0.15) is 0 Å². The summed E-state index contributed by atoms with van der Waals surface area (Å²) in [6, 6.07) is 19.4. The molecule has 0 radical (unpaired) electrons. The number of esters is 1. The van der Waals surface area contributed by atoms with Crippen molar-refractivity contribution in [2.75, 3.05) is 7.11 Å². The Kier molecular flexibility index (Phi) is 4.57. The van der Waals surface area contributed by atoms with E-state index in [0.717, 1.165) is 22.6 Å². The Hall–Kier alpha value is -3.14. The fourth-order valence-corrected chi connectivity index (χ4v) is 2.50. The molecule has 0 atom stereocenters. The van der Waals surface area contributed by atoms with Crippen molar-refractivity contribution in [1.82, 2.24) is 4.57 Å². The highest BCUT2D eigenvalue weighted by Crippen LogP contribution is 2.20. The number of hydrogen-bond donors (Lipinski definition) is 0. The molecule has 0 saturated carbocycles. The largest absolute Gasteiger partial charge is 0.465 e. The quantitative estimate of drug-likeness (QED) is 0.531. The van der Waals surface area contributed by atoms with Gasteiger partial charge in [0.2, 0.25) is 0 Å². The SMILES string of the molecule is COC(=O)c1ccc(N=Cc2cccn2-c2ccccc2)c(C)c1. The first kappa shape index (κ1) is 15.7. The maximum absolute atomic E-state index is 11.6. The van der Waals surface area contributed by atoms with Gasteiger partial charge in [0, 0.05) is 11.9 Å². The van der Waals surface area contributed by atoms with Crippen molar-refractivity contribution < 1.29 is 9.53 Å². The van der Waals surface area contributed by atoms with Crippen LogP contribution in [0.5, 0.6) is 0 Å². The zero-order valence-electron chi connectivity index (χ0n) is 13.6.